The number of hydrogen-bond acceptors (Lipinski definition) is 5. The maximum Gasteiger partial charge on any atom is 0.317 e. The van der Waals surface area contributed by atoms with Crippen molar-refractivity contribution in [2.45, 2.75) is 6.92 Å². The largest absolute Gasteiger partial charge is 0.368 e. The van der Waals surface area contributed by atoms with Crippen LogP contribution in [0.25, 0.3) is 11.4 Å². The molecule has 2 amide bonds. The van der Waals surface area contributed by atoms with Gasteiger partial charge in [0, 0.05) is 55.9 Å². The van der Waals surface area contributed by atoms with E-state index in [2.05, 4.69) is 25.6 Å². The lowest BCUT2D eigenvalue weighted by Crippen LogP contribution is -2.32. The normalized spacial score (nSPS) is 14.0. The number of hydrogen-bond donors (Lipinski definition) is 2. The second kappa shape index (κ2) is 6.38. The molecule has 0 atom stereocenters. The van der Waals surface area contributed by atoms with E-state index in [0.717, 1.165) is 30.2 Å². The highest BCUT2D eigenvalue weighted by molar-refractivity contribution is 5.76. The van der Waals surface area contributed by atoms with E-state index in [1.165, 1.54) is 0 Å². The van der Waals surface area contributed by atoms with Crippen LogP contribution in [0, 0.1) is 6.92 Å². The standard InChI is InChI=1S/C15H18N6O/c1-11-9-13(17-5-7-21-8-6-18-15(21)22)20-14(19-11)12-3-2-4-16-10-12/h2-4,9-10H,5-8H2,1H3,(H,18,22)(H,17,19,20). The Balaban J connectivity index is 1.66. The summed E-state index contributed by atoms with van der Waals surface area (Å²) in [5.41, 5.74) is 1.77. The predicted molar refractivity (Wildman–Crippen MR) is 83.5 cm³/mol. The second-order valence-electron chi connectivity index (χ2n) is 5.11. The molecule has 3 rings (SSSR count). The van der Waals surface area contributed by atoms with Gasteiger partial charge in [-0.3, -0.25) is 4.98 Å². The fraction of sp³-hybridized carbons (Fsp3) is 0.333. The zero-order chi connectivity index (χ0) is 15.4. The summed E-state index contributed by atoms with van der Waals surface area (Å²) in [6.07, 6.45) is 3.46. The Bertz CT molecular complexity index is 660. The van der Waals surface area contributed by atoms with Crippen molar-refractivity contribution in [2.24, 2.45) is 0 Å². The molecule has 2 N–H and O–H groups in total. The molecular weight excluding hydrogens is 280 g/mol. The Morgan fingerprint density at radius 3 is 3.05 bits per heavy atom. The van der Waals surface area contributed by atoms with Gasteiger partial charge in [0.25, 0.3) is 0 Å². The Hall–Kier alpha value is -2.70. The van der Waals surface area contributed by atoms with Gasteiger partial charge in [0.1, 0.15) is 5.82 Å². The van der Waals surface area contributed by atoms with Crippen LogP contribution in [0.5, 0.6) is 0 Å². The van der Waals surface area contributed by atoms with Crippen molar-refractivity contribution in [3.63, 3.8) is 0 Å². The topological polar surface area (TPSA) is 83.0 Å². The number of nitrogens with zero attached hydrogens (tertiary/aromatic N) is 4. The number of nitrogens with one attached hydrogen (secondary N) is 2. The molecule has 1 fully saturated rings. The van der Waals surface area contributed by atoms with Crippen LogP contribution >= 0.6 is 0 Å². The van der Waals surface area contributed by atoms with Crippen LogP contribution in [0.4, 0.5) is 10.6 Å². The van der Waals surface area contributed by atoms with E-state index in [1.54, 1.807) is 17.3 Å². The lowest BCUT2D eigenvalue weighted by atomic mass is 10.2. The fourth-order valence-electron chi connectivity index (χ4n) is 2.33. The molecule has 0 spiro atoms. The summed E-state index contributed by atoms with van der Waals surface area (Å²) in [6, 6.07) is 5.68. The van der Waals surface area contributed by atoms with Crippen molar-refractivity contribution in [2.75, 3.05) is 31.5 Å². The first-order valence-electron chi connectivity index (χ1n) is 7.25. The van der Waals surface area contributed by atoms with Crippen molar-refractivity contribution in [3.05, 3.63) is 36.3 Å². The van der Waals surface area contributed by atoms with Crippen LogP contribution in [0.15, 0.2) is 30.6 Å². The fourth-order valence-corrected chi connectivity index (χ4v) is 2.33. The average Bonchev–Trinajstić information content (AvgIpc) is 2.93. The van der Waals surface area contributed by atoms with E-state index in [0.29, 0.717) is 18.9 Å². The van der Waals surface area contributed by atoms with Crippen LogP contribution in [-0.4, -0.2) is 52.1 Å². The third kappa shape index (κ3) is 3.30. The third-order valence-corrected chi connectivity index (χ3v) is 3.41. The Kier molecular flexibility index (Phi) is 4.13. The van der Waals surface area contributed by atoms with Crippen LogP contribution in [0.2, 0.25) is 0 Å². The summed E-state index contributed by atoms with van der Waals surface area (Å²) in [6.45, 7) is 4.70. The van der Waals surface area contributed by atoms with Gasteiger partial charge < -0.3 is 15.5 Å². The van der Waals surface area contributed by atoms with E-state index in [-0.39, 0.29) is 6.03 Å². The molecule has 0 saturated carbocycles. The molecule has 1 saturated heterocycles. The minimum absolute atomic E-state index is 0.00304. The highest BCUT2D eigenvalue weighted by Gasteiger charge is 2.18. The summed E-state index contributed by atoms with van der Waals surface area (Å²) in [4.78, 5) is 26.3. The number of urea groups is 1. The molecule has 0 unspecified atom stereocenters. The smallest absolute Gasteiger partial charge is 0.317 e. The van der Waals surface area contributed by atoms with E-state index >= 15 is 0 Å². The van der Waals surface area contributed by atoms with Gasteiger partial charge >= 0.3 is 6.03 Å². The quantitative estimate of drug-likeness (QED) is 0.869. The van der Waals surface area contributed by atoms with Gasteiger partial charge in [-0.25, -0.2) is 14.8 Å². The zero-order valence-corrected chi connectivity index (χ0v) is 12.4. The van der Waals surface area contributed by atoms with Crippen LogP contribution in [0.3, 0.4) is 0 Å². The first kappa shape index (κ1) is 14.2. The summed E-state index contributed by atoms with van der Waals surface area (Å²) in [7, 11) is 0. The molecule has 2 aromatic heterocycles. The van der Waals surface area contributed by atoms with Crippen molar-refractivity contribution in [3.8, 4) is 11.4 Å². The lowest BCUT2D eigenvalue weighted by Gasteiger charge is -2.15. The molecule has 7 nitrogen and oxygen atoms in total. The van der Waals surface area contributed by atoms with Gasteiger partial charge in [0.15, 0.2) is 5.82 Å². The van der Waals surface area contributed by atoms with Crippen LogP contribution in [-0.2, 0) is 0 Å². The van der Waals surface area contributed by atoms with Gasteiger partial charge in [0.2, 0.25) is 0 Å². The van der Waals surface area contributed by atoms with Crippen molar-refractivity contribution >= 4 is 11.8 Å². The Labute approximate surface area is 128 Å². The van der Waals surface area contributed by atoms with Crippen LogP contribution in [0.1, 0.15) is 5.69 Å². The molecule has 3 heterocycles. The van der Waals surface area contributed by atoms with Gasteiger partial charge in [-0.1, -0.05) is 0 Å². The number of aromatic nitrogens is 3. The molecular formula is C15H18N6O. The van der Waals surface area contributed by atoms with Gasteiger partial charge in [-0.2, -0.15) is 0 Å². The molecule has 0 radical (unpaired) electrons. The van der Waals surface area contributed by atoms with Crippen molar-refractivity contribution < 1.29 is 4.79 Å². The third-order valence-electron chi connectivity index (χ3n) is 3.41. The molecule has 1 aliphatic heterocycles. The molecule has 0 aliphatic carbocycles. The number of rotatable bonds is 5. The maximum absolute atomic E-state index is 11.5. The highest BCUT2D eigenvalue weighted by Crippen LogP contribution is 2.16. The van der Waals surface area contributed by atoms with Crippen molar-refractivity contribution in [1.82, 2.24) is 25.2 Å². The number of pyridine rings is 1. The summed E-state index contributed by atoms with van der Waals surface area (Å²) >= 11 is 0. The molecule has 0 bridgehead atoms. The van der Waals surface area contributed by atoms with Gasteiger partial charge in [0.05, 0.1) is 0 Å². The monoisotopic (exact) mass is 298 g/mol. The molecule has 0 aromatic carbocycles. The van der Waals surface area contributed by atoms with Crippen LogP contribution < -0.4 is 10.6 Å². The Morgan fingerprint density at radius 1 is 1.41 bits per heavy atom. The summed E-state index contributed by atoms with van der Waals surface area (Å²) in [5.74, 6) is 1.40. The van der Waals surface area contributed by atoms with E-state index in [1.807, 2.05) is 25.1 Å². The van der Waals surface area contributed by atoms with E-state index in [9.17, 15) is 4.79 Å². The average molecular weight is 298 g/mol. The number of amides is 2. The number of carbonyl (C=O) groups is 1. The molecule has 114 valence electrons. The number of anilines is 1. The highest BCUT2D eigenvalue weighted by atomic mass is 16.2. The van der Waals surface area contributed by atoms with Gasteiger partial charge in [-0.15, -0.1) is 0 Å². The predicted octanol–water partition coefficient (Wildman–Crippen LogP) is 1.28. The number of aryl methyl sites for hydroxylation is 1. The van der Waals surface area contributed by atoms with Gasteiger partial charge in [-0.05, 0) is 19.1 Å². The molecule has 2 aromatic rings. The van der Waals surface area contributed by atoms with E-state index in [4.69, 9.17) is 0 Å². The zero-order valence-electron chi connectivity index (χ0n) is 12.4. The lowest BCUT2D eigenvalue weighted by molar-refractivity contribution is 0.219. The molecule has 22 heavy (non-hydrogen) atoms. The number of carbonyl (C=O) groups excluding carboxylic acids is 1. The second-order valence-corrected chi connectivity index (χ2v) is 5.11. The molecule has 7 heteroatoms. The Morgan fingerprint density at radius 2 is 2.32 bits per heavy atom. The summed E-state index contributed by atoms with van der Waals surface area (Å²) in [5, 5.41) is 6.03. The minimum atomic E-state index is -0.00304. The van der Waals surface area contributed by atoms with Crippen molar-refractivity contribution in [1.29, 1.82) is 0 Å². The summed E-state index contributed by atoms with van der Waals surface area (Å²) < 4.78 is 0. The first-order valence-corrected chi connectivity index (χ1v) is 7.25. The molecule has 1 aliphatic rings. The minimum Gasteiger partial charge on any atom is -0.368 e. The SMILES string of the molecule is Cc1cc(NCCN2CCNC2=O)nc(-c2cccnc2)n1. The maximum atomic E-state index is 11.5. The van der Waals surface area contributed by atoms with E-state index < -0.39 is 0 Å². The first-order chi connectivity index (χ1) is 10.7.